The van der Waals surface area contributed by atoms with Crippen molar-refractivity contribution in [2.75, 3.05) is 0 Å². The van der Waals surface area contributed by atoms with Crippen LogP contribution in [0.4, 0.5) is 0 Å². The van der Waals surface area contributed by atoms with Crippen LogP contribution < -0.4 is 14.4 Å². The first kappa shape index (κ1) is 19.4. The highest BCUT2D eigenvalue weighted by Gasteiger charge is 2.50. The zero-order chi connectivity index (χ0) is 19.5. The highest BCUT2D eigenvalue weighted by molar-refractivity contribution is 7.69. The Labute approximate surface area is 162 Å². The highest BCUT2D eigenvalue weighted by atomic mass is 31.2. The van der Waals surface area contributed by atoms with Gasteiger partial charge in [-0.15, -0.1) is 0 Å². The van der Waals surface area contributed by atoms with Gasteiger partial charge in [-0.3, -0.25) is 9.05 Å². The van der Waals surface area contributed by atoms with Crippen LogP contribution in [0, 0.1) is 6.92 Å². The van der Waals surface area contributed by atoms with Crippen molar-refractivity contribution in [2.24, 2.45) is 0 Å². The molecule has 3 aromatic carbocycles. The minimum Gasteiger partial charge on any atom is -0.274 e. The summed E-state index contributed by atoms with van der Waals surface area (Å²) in [5.41, 5.74) is 1.98. The Morgan fingerprint density at radius 2 is 1.22 bits per heavy atom. The van der Waals surface area contributed by atoms with Crippen molar-refractivity contribution in [3.8, 4) is 11.5 Å². The molecule has 3 aromatic rings. The van der Waals surface area contributed by atoms with Gasteiger partial charge in [0.05, 0.1) is 0 Å². The van der Waals surface area contributed by atoms with E-state index in [4.69, 9.17) is 9.05 Å². The molecule has 3 nitrogen and oxygen atoms in total. The van der Waals surface area contributed by atoms with Gasteiger partial charge in [0.25, 0.3) is 0 Å². The fraction of sp³-hybridized carbons (Fsp3) is 0.217. The molecule has 3 rings (SSSR count). The van der Waals surface area contributed by atoms with E-state index in [2.05, 4.69) is 26.8 Å². The zero-order valence-corrected chi connectivity index (χ0v) is 17.1. The molecule has 4 heteroatoms. The number of aryl methyl sites for hydroxylation is 1. The van der Waals surface area contributed by atoms with Crippen LogP contribution in [0.25, 0.3) is 0 Å². The van der Waals surface area contributed by atoms with Crippen LogP contribution in [0.5, 0.6) is 11.5 Å². The molecular weight excluding hydrogens is 355 g/mol. The summed E-state index contributed by atoms with van der Waals surface area (Å²) in [6.07, 6.45) is 0. The molecule has 0 saturated heterocycles. The maximum Gasteiger partial charge on any atom is 0.533 e. The van der Waals surface area contributed by atoms with Gasteiger partial charge in [-0.25, -0.2) is 0 Å². The van der Waals surface area contributed by atoms with E-state index in [1.165, 1.54) is 0 Å². The number of hydrogen-bond acceptors (Lipinski definition) is 3. The van der Waals surface area contributed by atoms with Gasteiger partial charge in [0, 0.05) is 5.56 Å². The van der Waals surface area contributed by atoms with Crippen molar-refractivity contribution in [1.29, 1.82) is 0 Å². The first-order valence-corrected chi connectivity index (χ1v) is 10.6. The number of hydrogen-bond donors (Lipinski definition) is 1. The molecule has 0 unspecified atom stereocenters. The molecular formula is C23H26O3P+. The van der Waals surface area contributed by atoms with Crippen LogP contribution >= 0.6 is 7.94 Å². The van der Waals surface area contributed by atoms with E-state index in [0.29, 0.717) is 16.8 Å². The van der Waals surface area contributed by atoms with Crippen LogP contribution in [-0.2, 0) is 5.41 Å². The van der Waals surface area contributed by atoms with Gasteiger partial charge < -0.3 is 0 Å². The smallest absolute Gasteiger partial charge is 0.274 e. The molecule has 0 fully saturated rings. The second-order valence-corrected chi connectivity index (χ2v) is 9.49. The van der Waals surface area contributed by atoms with E-state index in [1.807, 2.05) is 79.7 Å². The van der Waals surface area contributed by atoms with Crippen molar-refractivity contribution >= 4 is 13.2 Å². The highest BCUT2D eigenvalue weighted by Crippen LogP contribution is 2.56. The average Bonchev–Trinajstić information content (AvgIpc) is 2.62. The Kier molecular flexibility index (Phi) is 5.55. The molecule has 1 N–H and O–H groups in total. The topological polar surface area (TPSA) is 38.7 Å². The third kappa shape index (κ3) is 4.68. The Bertz CT molecular complexity index is 845. The third-order valence-corrected chi connectivity index (χ3v) is 6.12. The molecule has 0 aliphatic heterocycles. The molecule has 0 spiro atoms. The molecule has 0 saturated carbocycles. The Hall–Kier alpha value is -2.35. The largest absolute Gasteiger partial charge is 0.533 e. The van der Waals surface area contributed by atoms with Crippen LogP contribution in [0.15, 0.2) is 78.9 Å². The lowest BCUT2D eigenvalue weighted by molar-refractivity contribution is 0.361. The first-order valence-electron chi connectivity index (χ1n) is 9.01. The second kappa shape index (κ2) is 7.72. The van der Waals surface area contributed by atoms with Gasteiger partial charge in [0.2, 0.25) is 5.30 Å². The summed E-state index contributed by atoms with van der Waals surface area (Å²) >= 11 is 0. The average molecular weight is 381 g/mol. The van der Waals surface area contributed by atoms with Crippen molar-refractivity contribution in [2.45, 2.75) is 33.1 Å². The van der Waals surface area contributed by atoms with E-state index in [9.17, 15) is 4.89 Å². The van der Waals surface area contributed by atoms with Gasteiger partial charge in [-0.1, -0.05) is 74.9 Å². The summed E-state index contributed by atoms with van der Waals surface area (Å²) < 4.78 is 12.2. The molecule has 140 valence electrons. The SMILES string of the molecule is Cc1ccc([P+](O)(Oc2ccccc2)Oc2ccccc2)c(C(C)(C)C)c1. The van der Waals surface area contributed by atoms with Crippen molar-refractivity contribution in [3.63, 3.8) is 0 Å². The van der Waals surface area contributed by atoms with Gasteiger partial charge in [0.1, 0.15) is 0 Å². The molecule has 0 radical (unpaired) electrons. The van der Waals surface area contributed by atoms with Gasteiger partial charge in [-0.05, 0) is 42.7 Å². The fourth-order valence-corrected chi connectivity index (χ4v) is 4.88. The quantitative estimate of drug-likeness (QED) is 0.565. The maximum atomic E-state index is 11.7. The summed E-state index contributed by atoms with van der Waals surface area (Å²) in [7, 11) is -3.42. The summed E-state index contributed by atoms with van der Waals surface area (Å²) in [5, 5.41) is 0.702. The van der Waals surface area contributed by atoms with Crippen molar-refractivity contribution in [1.82, 2.24) is 0 Å². The van der Waals surface area contributed by atoms with E-state index in [-0.39, 0.29) is 5.41 Å². The number of para-hydroxylation sites is 2. The Balaban J connectivity index is 2.12. The van der Waals surface area contributed by atoms with Crippen molar-refractivity contribution in [3.05, 3.63) is 90.0 Å². The van der Waals surface area contributed by atoms with Crippen LogP contribution in [0.3, 0.4) is 0 Å². The summed E-state index contributed by atoms with van der Waals surface area (Å²) in [6.45, 7) is 8.43. The van der Waals surface area contributed by atoms with Crippen LogP contribution in [0.1, 0.15) is 31.9 Å². The Morgan fingerprint density at radius 1 is 0.741 bits per heavy atom. The second-order valence-electron chi connectivity index (χ2n) is 7.60. The predicted octanol–water partition coefficient (Wildman–Crippen LogP) is 5.83. The van der Waals surface area contributed by atoms with Crippen LogP contribution in [0.2, 0.25) is 0 Å². The normalized spacial score (nSPS) is 11.9. The molecule has 0 aliphatic rings. The van der Waals surface area contributed by atoms with Gasteiger partial charge in [0.15, 0.2) is 11.5 Å². The molecule has 0 aromatic heterocycles. The monoisotopic (exact) mass is 381 g/mol. The summed E-state index contributed by atoms with van der Waals surface area (Å²) in [5.74, 6) is 1.15. The van der Waals surface area contributed by atoms with Crippen LogP contribution in [-0.4, -0.2) is 4.89 Å². The number of rotatable bonds is 5. The molecule has 0 amide bonds. The van der Waals surface area contributed by atoms with E-state index in [1.54, 1.807) is 0 Å². The van der Waals surface area contributed by atoms with Gasteiger partial charge >= 0.3 is 7.94 Å². The van der Waals surface area contributed by atoms with E-state index >= 15 is 0 Å². The maximum absolute atomic E-state index is 11.7. The summed E-state index contributed by atoms with van der Waals surface area (Å²) in [6, 6.07) is 24.6. The van der Waals surface area contributed by atoms with E-state index in [0.717, 1.165) is 11.1 Å². The lowest BCUT2D eigenvalue weighted by Crippen LogP contribution is -2.30. The summed E-state index contributed by atoms with van der Waals surface area (Å²) in [4.78, 5) is 11.7. The molecule has 0 aliphatic carbocycles. The lowest BCUT2D eigenvalue weighted by Gasteiger charge is -2.26. The van der Waals surface area contributed by atoms with Gasteiger partial charge in [-0.2, -0.15) is 4.89 Å². The molecule has 0 atom stereocenters. The molecule has 0 heterocycles. The fourth-order valence-electron chi connectivity index (χ4n) is 2.86. The predicted molar refractivity (Wildman–Crippen MR) is 113 cm³/mol. The Morgan fingerprint density at radius 3 is 1.67 bits per heavy atom. The zero-order valence-electron chi connectivity index (χ0n) is 16.2. The third-order valence-electron chi connectivity index (χ3n) is 4.21. The molecule has 27 heavy (non-hydrogen) atoms. The first-order chi connectivity index (χ1) is 12.8. The number of benzene rings is 3. The van der Waals surface area contributed by atoms with E-state index < -0.39 is 7.94 Å². The minimum atomic E-state index is -3.42. The minimum absolute atomic E-state index is 0.171. The standard InChI is InChI=1S/C23H26O3P/c1-18-15-16-22(21(17-18)23(2,3)4)27(24,25-19-11-7-5-8-12-19)26-20-13-9-6-10-14-20/h5-17,24H,1-4H3/q+1. The van der Waals surface area contributed by atoms with Crippen molar-refractivity contribution < 1.29 is 13.9 Å². The lowest BCUT2D eigenvalue weighted by atomic mass is 9.86. The molecule has 0 bridgehead atoms.